The molecule has 1 aromatic rings. The molecular formula is C16H29N3. The van der Waals surface area contributed by atoms with Gasteiger partial charge in [0.1, 0.15) is 0 Å². The minimum Gasteiger partial charge on any atom is -0.316 e. The third-order valence-electron chi connectivity index (χ3n) is 4.23. The highest BCUT2D eigenvalue weighted by Crippen LogP contribution is 2.38. The zero-order chi connectivity index (χ0) is 14.0. The number of aryl methyl sites for hydroxylation is 1. The van der Waals surface area contributed by atoms with Crippen molar-refractivity contribution in [2.45, 2.75) is 58.3 Å². The van der Waals surface area contributed by atoms with Gasteiger partial charge in [0.05, 0.1) is 5.69 Å². The van der Waals surface area contributed by atoms with Crippen LogP contribution in [0, 0.1) is 5.92 Å². The summed E-state index contributed by atoms with van der Waals surface area (Å²) in [5.74, 6) is 1.45. The average molecular weight is 263 g/mol. The van der Waals surface area contributed by atoms with E-state index in [1.165, 1.54) is 30.5 Å². The fourth-order valence-corrected chi connectivity index (χ4v) is 3.37. The largest absolute Gasteiger partial charge is 0.316 e. The van der Waals surface area contributed by atoms with Crippen LogP contribution in [-0.2, 0) is 12.5 Å². The van der Waals surface area contributed by atoms with Crippen LogP contribution in [0.4, 0.5) is 0 Å². The molecule has 0 amide bonds. The van der Waals surface area contributed by atoms with E-state index in [-0.39, 0.29) is 5.41 Å². The molecule has 2 rings (SSSR count). The molecule has 2 unspecified atom stereocenters. The zero-order valence-electron chi connectivity index (χ0n) is 13.2. The molecular weight excluding hydrogens is 234 g/mol. The Morgan fingerprint density at radius 2 is 2.16 bits per heavy atom. The summed E-state index contributed by atoms with van der Waals surface area (Å²) in [6, 6.07) is 0. The maximum Gasteiger partial charge on any atom is 0.0712 e. The van der Waals surface area contributed by atoms with E-state index >= 15 is 0 Å². The predicted octanol–water partition coefficient (Wildman–Crippen LogP) is 3.21. The van der Waals surface area contributed by atoms with Crippen LogP contribution in [0.2, 0.25) is 0 Å². The molecule has 2 heterocycles. The quantitative estimate of drug-likeness (QED) is 0.907. The number of aromatic nitrogens is 2. The minimum atomic E-state index is 0.137. The summed E-state index contributed by atoms with van der Waals surface area (Å²) in [6.07, 6.45) is 6.10. The first-order chi connectivity index (χ1) is 8.93. The van der Waals surface area contributed by atoms with Crippen LogP contribution in [0.1, 0.15) is 64.1 Å². The second kappa shape index (κ2) is 5.66. The van der Waals surface area contributed by atoms with Gasteiger partial charge >= 0.3 is 0 Å². The van der Waals surface area contributed by atoms with Gasteiger partial charge in [-0.05, 0) is 43.3 Å². The normalized spacial score (nSPS) is 24.7. The van der Waals surface area contributed by atoms with Gasteiger partial charge in [0.15, 0.2) is 0 Å². The van der Waals surface area contributed by atoms with E-state index in [1.54, 1.807) is 0 Å². The second-order valence-electron chi connectivity index (χ2n) is 7.00. The Morgan fingerprint density at radius 1 is 1.42 bits per heavy atom. The topological polar surface area (TPSA) is 29.9 Å². The minimum absolute atomic E-state index is 0.137. The van der Waals surface area contributed by atoms with E-state index in [0.717, 1.165) is 19.0 Å². The molecule has 19 heavy (non-hydrogen) atoms. The van der Waals surface area contributed by atoms with Gasteiger partial charge in [-0.25, -0.2) is 0 Å². The fraction of sp³-hybridized carbons (Fsp3) is 0.812. The van der Waals surface area contributed by atoms with Crippen molar-refractivity contribution in [1.82, 2.24) is 15.1 Å². The van der Waals surface area contributed by atoms with Crippen molar-refractivity contribution < 1.29 is 0 Å². The molecule has 3 nitrogen and oxygen atoms in total. The van der Waals surface area contributed by atoms with E-state index in [4.69, 9.17) is 5.10 Å². The number of piperidine rings is 1. The smallest absolute Gasteiger partial charge is 0.0712 e. The fourth-order valence-electron chi connectivity index (χ4n) is 3.37. The molecule has 1 aliphatic rings. The van der Waals surface area contributed by atoms with Crippen molar-refractivity contribution in [1.29, 1.82) is 0 Å². The number of hydrogen-bond donors (Lipinski definition) is 1. The van der Waals surface area contributed by atoms with Gasteiger partial charge in [0.2, 0.25) is 0 Å². The van der Waals surface area contributed by atoms with Crippen LogP contribution in [0.25, 0.3) is 0 Å². The van der Waals surface area contributed by atoms with Gasteiger partial charge in [-0.3, -0.25) is 4.68 Å². The standard InChI is InChI=1S/C16H29N3/c1-6-7-12-10-17-9-8-13(12)14-11-19(5)18-15(14)16(2,3)4/h11-13,17H,6-10H2,1-5H3. The SMILES string of the molecule is CCCC1CNCCC1c1cn(C)nc1C(C)(C)C. The molecule has 1 aromatic heterocycles. The molecule has 1 aliphatic heterocycles. The number of nitrogens with zero attached hydrogens (tertiary/aromatic N) is 2. The lowest BCUT2D eigenvalue weighted by Crippen LogP contribution is -2.36. The lowest BCUT2D eigenvalue weighted by molar-refractivity contribution is 0.303. The average Bonchev–Trinajstić information content (AvgIpc) is 2.72. The molecule has 1 saturated heterocycles. The summed E-state index contributed by atoms with van der Waals surface area (Å²) in [7, 11) is 2.05. The molecule has 0 aliphatic carbocycles. The van der Waals surface area contributed by atoms with Crippen LogP contribution in [-0.4, -0.2) is 22.9 Å². The van der Waals surface area contributed by atoms with E-state index in [1.807, 2.05) is 4.68 Å². The Balaban J connectivity index is 2.33. The van der Waals surface area contributed by atoms with Gasteiger partial charge in [-0.15, -0.1) is 0 Å². The summed E-state index contributed by atoms with van der Waals surface area (Å²) in [6.45, 7) is 11.4. The summed E-state index contributed by atoms with van der Waals surface area (Å²) in [5, 5.41) is 8.31. The van der Waals surface area contributed by atoms with Crippen molar-refractivity contribution in [3.8, 4) is 0 Å². The first kappa shape index (κ1) is 14.6. The lowest BCUT2D eigenvalue weighted by atomic mass is 9.76. The van der Waals surface area contributed by atoms with Crippen LogP contribution in [0.15, 0.2) is 6.20 Å². The first-order valence-corrected chi connectivity index (χ1v) is 7.68. The molecule has 1 N–H and O–H groups in total. The van der Waals surface area contributed by atoms with Crippen LogP contribution >= 0.6 is 0 Å². The Bertz CT molecular complexity index is 412. The number of hydrogen-bond acceptors (Lipinski definition) is 2. The monoisotopic (exact) mass is 263 g/mol. The maximum atomic E-state index is 4.75. The van der Waals surface area contributed by atoms with Crippen molar-refractivity contribution in [2.75, 3.05) is 13.1 Å². The van der Waals surface area contributed by atoms with Gasteiger partial charge in [-0.1, -0.05) is 34.1 Å². The van der Waals surface area contributed by atoms with Crippen molar-refractivity contribution in [3.05, 3.63) is 17.5 Å². The van der Waals surface area contributed by atoms with Crippen LogP contribution < -0.4 is 5.32 Å². The Hall–Kier alpha value is -0.830. The van der Waals surface area contributed by atoms with Gasteiger partial charge < -0.3 is 5.32 Å². The van der Waals surface area contributed by atoms with E-state index < -0.39 is 0 Å². The number of nitrogens with one attached hydrogen (secondary N) is 1. The molecule has 1 fully saturated rings. The van der Waals surface area contributed by atoms with Crippen molar-refractivity contribution in [3.63, 3.8) is 0 Å². The van der Waals surface area contributed by atoms with Crippen molar-refractivity contribution in [2.24, 2.45) is 13.0 Å². The molecule has 2 atom stereocenters. The lowest BCUT2D eigenvalue weighted by Gasteiger charge is -2.33. The van der Waals surface area contributed by atoms with Gasteiger partial charge in [-0.2, -0.15) is 5.10 Å². The summed E-state index contributed by atoms with van der Waals surface area (Å²) in [5.41, 5.74) is 2.93. The van der Waals surface area contributed by atoms with Crippen LogP contribution in [0.5, 0.6) is 0 Å². The number of rotatable bonds is 3. The molecule has 0 saturated carbocycles. The van der Waals surface area contributed by atoms with Crippen LogP contribution in [0.3, 0.4) is 0 Å². The van der Waals surface area contributed by atoms with Gasteiger partial charge in [0.25, 0.3) is 0 Å². The third-order valence-corrected chi connectivity index (χ3v) is 4.23. The zero-order valence-corrected chi connectivity index (χ0v) is 13.2. The Kier molecular flexibility index (Phi) is 4.34. The molecule has 3 heteroatoms. The first-order valence-electron chi connectivity index (χ1n) is 7.68. The molecule has 0 radical (unpaired) electrons. The molecule has 108 valence electrons. The predicted molar refractivity (Wildman–Crippen MR) is 80.5 cm³/mol. The van der Waals surface area contributed by atoms with Crippen molar-refractivity contribution >= 4 is 0 Å². The molecule has 0 aromatic carbocycles. The van der Waals surface area contributed by atoms with E-state index in [9.17, 15) is 0 Å². The van der Waals surface area contributed by atoms with E-state index in [0.29, 0.717) is 5.92 Å². The second-order valence-corrected chi connectivity index (χ2v) is 7.00. The highest BCUT2D eigenvalue weighted by Gasteiger charge is 2.32. The van der Waals surface area contributed by atoms with E-state index in [2.05, 4.69) is 46.3 Å². The molecule has 0 bridgehead atoms. The summed E-state index contributed by atoms with van der Waals surface area (Å²) < 4.78 is 2.00. The van der Waals surface area contributed by atoms with Gasteiger partial charge in [0, 0.05) is 18.7 Å². The Morgan fingerprint density at radius 3 is 2.79 bits per heavy atom. The summed E-state index contributed by atoms with van der Waals surface area (Å²) in [4.78, 5) is 0. The Labute approximate surface area is 117 Å². The summed E-state index contributed by atoms with van der Waals surface area (Å²) >= 11 is 0. The maximum absolute atomic E-state index is 4.75. The highest BCUT2D eigenvalue weighted by molar-refractivity contribution is 5.29. The molecule has 0 spiro atoms. The highest BCUT2D eigenvalue weighted by atomic mass is 15.3. The third kappa shape index (κ3) is 3.19.